The summed E-state index contributed by atoms with van der Waals surface area (Å²) < 4.78 is 15.5. The molecule has 4 aromatic rings. The molecular formula is C22H16FN. The van der Waals surface area contributed by atoms with Crippen molar-refractivity contribution >= 4 is 0 Å². The van der Waals surface area contributed by atoms with Crippen LogP contribution in [-0.4, -0.2) is 4.57 Å². The maximum atomic E-state index is 13.4. The second-order valence-electron chi connectivity index (χ2n) is 5.65. The first-order chi connectivity index (χ1) is 11.8. The SMILES string of the molecule is Fc1ccc(-n2c(-c3ccccc3)ccc2-c2ccccc2)cc1. The van der Waals surface area contributed by atoms with Gasteiger partial charge in [0.1, 0.15) is 5.82 Å². The van der Waals surface area contributed by atoms with Crippen LogP contribution < -0.4 is 0 Å². The molecule has 4 rings (SSSR count). The van der Waals surface area contributed by atoms with Gasteiger partial charge in [-0.05, 0) is 47.5 Å². The van der Waals surface area contributed by atoms with Crippen LogP contribution in [0.1, 0.15) is 0 Å². The fourth-order valence-corrected chi connectivity index (χ4v) is 2.97. The van der Waals surface area contributed by atoms with E-state index >= 15 is 0 Å². The van der Waals surface area contributed by atoms with Crippen LogP contribution >= 0.6 is 0 Å². The van der Waals surface area contributed by atoms with E-state index in [1.54, 1.807) is 0 Å². The molecule has 0 aliphatic rings. The maximum absolute atomic E-state index is 13.4. The van der Waals surface area contributed by atoms with Crippen molar-refractivity contribution in [1.82, 2.24) is 4.57 Å². The van der Waals surface area contributed by atoms with Crippen LogP contribution in [0.2, 0.25) is 0 Å². The van der Waals surface area contributed by atoms with Crippen LogP contribution in [0.15, 0.2) is 97.1 Å². The molecule has 0 aliphatic carbocycles. The molecule has 0 saturated carbocycles. The first-order valence-electron chi connectivity index (χ1n) is 7.91. The summed E-state index contributed by atoms with van der Waals surface area (Å²) in [7, 11) is 0. The van der Waals surface area contributed by atoms with Gasteiger partial charge in [-0.25, -0.2) is 4.39 Å². The molecule has 0 N–H and O–H groups in total. The minimum atomic E-state index is -0.228. The van der Waals surface area contributed by atoms with Gasteiger partial charge in [0.15, 0.2) is 0 Å². The zero-order valence-electron chi connectivity index (χ0n) is 13.1. The van der Waals surface area contributed by atoms with E-state index in [0.717, 1.165) is 28.2 Å². The van der Waals surface area contributed by atoms with Gasteiger partial charge >= 0.3 is 0 Å². The Labute approximate surface area is 140 Å². The standard InChI is InChI=1S/C22H16FN/c23-19-11-13-20(14-12-19)24-21(17-7-3-1-4-8-17)15-16-22(24)18-9-5-2-6-10-18/h1-16H. The van der Waals surface area contributed by atoms with E-state index in [4.69, 9.17) is 0 Å². The lowest BCUT2D eigenvalue weighted by Gasteiger charge is -2.14. The van der Waals surface area contributed by atoms with E-state index < -0.39 is 0 Å². The van der Waals surface area contributed by atoms with Crippen LogP contribution in [-0.2, 0) is 0 Å². The number of hydrogen-bond acceptors (Lipinski definition) is 0. The number of halogens is 1. The topological polar surface area (TPSA) is 4.93 Å². The number of rotatable bonds is 3. The highest BCUT2D eigenvalue weighted by atomic mass is 19.1. The zero-order chi connectivity index (χ0) is 16.4. The van der Waals surface area contributed by atoms with Crippen LogP contribution in [0.4, 0.5) is 4.39 Å². The average Bonchev–Trinajstić information content (AvgIpc) is 3.09. The second kappa shape index (κ2) is 6.17. The summed E-state index contributed by atoms with van der Waals surface area (Å²) in [5.74, 6) is -0.228. The second-order valence-corrected chi connectivity index (χ2v) is 5.65. The minimum absolute atomic E-state index is 0.228. The van der Waals surface area contributed by atoms with Crippen molar-refractivity contribution in [1.29, 1.82) is 0 Å². The molecule has 0 radical (unpaired) electrons. The van der Waals surface area contributed by atoms with Crippen molar-refractivity contribution in [2.45, 2.75) is 0 Å². The Kier molecular flexibility index (Phi) is 3.72. The summed E-state index contributed by atoms with van der Waals surface area (Å²) in [6, 6.07) is 31.3. The third kappa shape index (κ3) is 2.63. The van der Waals surface area contributed by atoms with Crippen LogP contribution in [0.25, 0.3) is 28.2 Å². The van der Waals surface area contributed by atoms with Gasteiger partial charge in [0.2, 0.25) is 0 Å². The van der Waals surface area contributed by atoms with E-state index in [0.29, 0.717) is 0 Å². The molecule has 0 amide bonds. The van der Waals surface area contributed by atoms with Crippen molar-refractivity contribution < 1.29 is 4.39 Å². The Bertz CT molecular complexity index is 881. The summed E-state index contributed by atoms with van der Waals surface area (Å²) in [5, 5.41) is 0. The summed E-state index contributed by atoms with van der Waals surface area (Å²) in [5.41, 5.74) is 5.37. The highest BCUT2D eigenvalue weighted by Gasteiger charge is 2.13. The van der Waals surface area contributed by atoms with Gasteiger partial charge in [-0.3, -0.25) is 0 Å². The molecule has 0 saturated heterocycles. The minimum Gasteiger partial charge on any atom is -0.309 e. The van der Waals surface area contributed by atoms with E-state index in [9.17, 15) is 4.39 Å². The first kappa shape index (κ1) is 14.5. The van der Waals surface area contributed by atoms with Gasteiger partial charge in [0, 0.05) is 5.69 Å². The van der Waals surface area contributed by atoms with E-state index in [2.05, 4.69) is 41.0 Å². The van der Waals surface area contributed by atoms with Crippen LogP contribution in [0, 0.1) is 5.82 Å². The van der Waals surface area contributed by atoms with Crippen molar-refractivity contribution in [3.63, 3.8) is 0 Å². The largest absolute Gasteiger partial charge is 0.309 e. The van der Waals surface area contributed by atoms with Gasteiger partial charge in [-0.15, -0.1) is 0 Å². The van der Waals surface area contributed by atoms with Crippen molar-refractivity contribution in [2.75, 3.05) is 0 Å². The Balaban J connectivity index is 1.96. The van der Waals surface area contributed by atoms with Gasteiger partial charge in [0.25, 0.3) is 0 Å². The highest BCUT2D eigenvalue weighted by molar-refractivity contribution is 5.73. The third-order valence-corrected chi connectivity index (χ3v) is 4.10. The summed E-state index contributed by atoms with van der Waals surface area (Å²) in [4.78, 5) is 0. The molecule has 1 aromatic heterocycles. The quantitative estimate of drug-likeness (QED) is 0.440. The molecule has 0 unspecified atom stereocenters. The Morgan fingerprint density at radius 1 is 0.500 bits per heavy atom. The van der Waals surface area contributed by atoms with Gasteiger partial charge < -0.3 is 4.57 Å². The summed E-state index contributed by atoms with van der Waals surface area (Å²) in [6.45, 7) is 0. The van der Waals surface area contributed by atoms with Gasteiger partial charge in [-0.2, -0.15) is 0 Å². The van der Waals surface area contributed by atoms with Crippen molar-refractivity contribution in [3.8, 4) is 28.2 Å². The molecule has 0 aliphatic heterocycles. The Morgan fingerprint density at radius 2 is 0.958 bits per heavy atom. The highest BCUT2D eigenvalue weighted by Crippen LogP contribution is 2.32. The molecule has 3 aromatic carbocycles. The van der Waals surface area contributed by atoms with Crippen LogP contribution in [0.3, 0.4) is 0 Å². The van der Waals surface area contributed by atoms with E-state index in [1.807, 2.05) is 48.5 Å². The lowest BCUT2D eigenvalue weighted by Crippen LogP contribution is -1.99. The van der Waals surface area contributed by atoms with E-state index in [1.165, 1.54) is 12.1 Å². The molecule has 0 spiro atoms. The first-order valence-corrected chi connectivity index (χ1v) is 7.91. The molecule has 0 atom stereocenters. The summed E-state index contributed by atoms with van der Waals surface area (Å²) >= 11 is 0. The zero-order valence-corrected chi connectivity index (χ0v) is 13.1. The lowest BCUT2D eigenvalue weighted by atomic mass is 10.1. The Morgan fingerprint density at radius 3 is 1.42 bits per heavy atom. The fraction of sp³-hybridized carbons (Fsp3) is 0. The molecule has 1 nitrogen and oxygen atoms in total. The normalized spacial score (nSPS) is 10.7. The smallest absolute Gasteiger partial charge is 0.123 e. The van der Waals surface area contributed by atoms with Crippen LogP contribution in [0.5, 0.6) is 0 Å². The predicted molar refractivity (Wildman–Crippen MR) is 96.6 cm³/mol. The number of benzene rings is 3. The molecule has 0 bridgehead atoms. The number of nitrogens with zero attached hydrogens (tertiary/aromatic N) is 1. The fourth-order valence-electron chi connectivity index (χ4n) is 2.97. The lowest BCUT2D eigenvalue weighted by molar-refractivity contribution is 0.627. The molecule has 24 heavy (non-hydrogen) atoms. The molecule has 116 valence electrons. The maximum Gasteiger partial charge on any atom is 0.123 e. The average molecular weight is 313 g/mol. The van der Waals surface area contributed by atoms with Gasteiger partial charge in [0.05, 0.1) is 11.4 Å². The number of aromatic nitrogens is 1. The Hall–Kier alpha value is -3.13. The van der Waals surface area contributed by atoms with E-state index in [-0.39, 0.29) is 5.82 Å². The molecule has 2 heteroatoms. The molecule has 0 fully saturated rings. The number of hydrogen-bond donors (Lipinski definition) is 0. The summed E-state index contributed by atoms with van der Waals surface area (Å²) in [6.07, 6.45) is 0. The monoisotopic (exact) mass is 313 g/mol. The predicted octanol–water partition coefficient (Wildman–Crippen LogP) is 5.95. The third-order valence-electron chi connectivity index (χ3n) is 4.10. The van der Waals surface area contributed by atoms with Crippen molar-refractivity contribution in [3.05, 3.63) is 103 Å². The van der Waals surface area contributed by atoms with Crippen molar-refractivity contribution in [2.24, 2.45) is 0 Å². The molecule has 1 heterocycles. The molecular weight excluding hydrogens is 297 g/mol. The van der Waals surface area contributed by atoms with Gasteiger partial charge in [-0.1, -0.05) is 60.7 Å².